The molecular formula is C18H27NO. The van der Waals surface area contributed by atoms with Gasteiger partial charge in [-0.3, -0.25) is 0 Å². The largest absolute Gasteiger partial charge is 0.392 e. The molecule has 2 heteroatoms. The maximum Gasteiger partial charge on any atom is 0.0693 e. The summed E-state index contributed by atoms with van der Waals surface area (Å²) >= 11 is 0. The van der Waals surface area contributed by atoms with Crippen molar-refractivity contribution in [1.29, 1.82) is 0 Å². The predicted molar refractivity (Wildman–Crippen MR) is 82.8 cm³/mol. The molecule has 2 nitrogen and oxygen atoms in total. The minimum Gasteiger partial charge on any atom is -0.392 e. The maximum absolute atomic E-state index is 10.1. The van der Waals surface area contributed by atoms with Gasteiger partial charge in [0.2, 0.25) is 0 Å². The molecule has 0 heterocycles. The molecule has 1 aromatic carbocycles. The lowest BCUT2D eigenvalue weighted by Gasteiger charge is -2.36. The van der Waals surface area contributed by atoms with Gasteiger partial charge in [-0.25, -0.2) is 0 Å². The van der Waals surface area contributed by atoms with Crippen molar-refractivity contribution in [1.82, 2.24) is 5.32 Å². The van der Waals surface area contributed by atoms with Crippen molar-refractivity contribution in [3.8, 4) is 0 Å². The Kier molecular flexibility index (Phi) is 4.74. The van der Waals surface area contributed by atoms with Gasteiger partial charge in [-0.05, 0) is 50.0 Å². The van der Waals surface area contributed by atoms with Crippen LogP contribution in [0.5, 0.6) is 0 Å². The van der Waals surface area contributed by atoms with Crippen molar-refractivity contribution in [2.24, 2.45) is 0 Å². The second-order valence-corrected chi connectivity index (χ2v) is 6.58. The van der Waals surface area contributed by atoms with Crippen LogP contribution in [-0.2, 0) is 0 Å². The van der Waals surface area contributed by atoms with Gasteiger partial charge >= 0.3 is 0 Å². The Morgan fingerprint density at radius 1 is 0.850 bits per heavy atom. The van der Waals surface area contributed by atoms with Crippen LogP contribution in [0.1, 0.15) is 62.8 Å². The Bertz CT molecular complexity index is 397. The molecule has 0 bridgehead atoms. The fourth-order valence-electron chi connectivity index (χ4n) is 3.93. The van der Waals surface area contributed by atoms with Crippen LogP contribution in [0.2, 0.25) is 0 Å². The molecule has 0 aliphatic heterocycles. The van der Waals surface area contributed by atoms with E-state index in [2.05, 4.69) is 35.6 Å². The van der Waals surface area contributed by atoms with E-state index in [1.165, 1.54) is 44.1 Å². The van der Waals surface area contributed by atoms with Gasteiger partial charge in [-0.15, -0.1) is 0 Å². The van der Waals surface area contributed by atoms with E-state index in [1.807, 2.05) is 0 Å². The first-order valence-electron chi connectivity index (χ1n) is 8.32. The van der Waals surface area contributed by atoms with E-state index in [-0.39, 0.29) is 6.10 Å². The van der Waals surface area contributed by atoms with E-state index < -0.39 is 0 Å². The first-order chi connectivity index (χ1) is 9.83. The van der Waals surface area contributed by atoms with Gasteiger partial charge in [0.25, 0.3) is 0 Å². The summed E-state index contributed by atoms with van der Waals surface area (Å²) in [6, 6.07) is 11.9. The van der Waals surface area contributed by atoms with Gasteiger partial charge in [0, 0.05) is 12.1 Å². The molecule has 2 aliphatic rings. The summed E-state index contributed by atoms with van der Waals surface area (Å²) in [6.07, 6.45) is 9.56. The zero-order valence-electron chi connectivity index (χ0n) is 12.3. The van der Waals surface area contributed by atoms with Crippen molar-refractivity contribution in [2.45, 2.75) is 75.5 Å². The van der Waals surface area contributed by atoms with Gasteiger partial charge in [0.1, 0.15) is 0 Å². The molecule has 0 radical (unpaired) electrons. The van der Waals surface area contributed by atoms with Crippen LogP contribution in [0.3, 0.4) is 0 Å². The summed E-state index contributed by atoms with van der Waals surface area (Å²) in [4.78, 5) is 0. The lowest BCUT2D eigenvalue weighted by molar-refractivity contribution is 0.0809. The molecule has 0 amide bonds. The molecule has 0 aromatic heterocycles. The maximum atomic E-state index is 10.1. The smallest absolute Gasteiger partial charge is 0.0693 e. The number of hydrogen-bond donors (Lipinski definition) is 2. The second-order valence-electron chi connectivity index (χ2n) is 6.58. The lowest BCUT2D eigenvalue weighted by atomic mass is 9.81. The third kappa shape index (κ3) is 3.42. The molecule has 2 aliphatic carbocycles. The Labute approximate surface area is 122 Å². The Hall–Kier alpha value is -0.860. The predicted octanol–water partition coefficient (Wildman–Crippen LogP) is 3.61. The average molecular weight is 273 g/mol. The van der Waals surface area contributed by atoms with E-state index in [9.17, 15) is 5.11 Å². The van der Waals surface area contributed by atoms with Gasteiger partial charge < -0.3 is 10.4 Å². The van der Waals surface area contributed by atoms with Gasteiger partial charge in [0.15, 0.2) is 0 Å². The van der Waals surface area contributed by atoms with Crippen molar-refractivity contribution in [3.05, 3.63) is 35.9 Å². The molecule has 20 heavy (non-hydrogen) atoms. The SMILES string of the molecule is OC1CCCCC1NC1CCC(c2ccccc2)CC1. The number of hydrogen-bond acceptors (Lipinski definition) is 2. The number of aliphatic hydroxyl groups is 1. The second kappa shape index (κ2) is 6.73. The number of benzene rings is 1. The topological polar surface area (TPSA) is 32.3 Å². The Morgan fingerprint density at radius 2 is 1.55 bits per heavy atom. The molecule has 110 valence electrons. The monoisotopic (exact) mass is 273 g/mol. The minimum absolute atomic E-state index is 0.115. The van der Waals surface area contributed by atoms with Crippen LogP contribution >= 0.6 is 0 Å². The zero-order chi connectivity index (χ0) is 13.8. The number of nitrogens with one attached hydrogen (secondary N) is 1. The van der Waals surface area contributed by atoms with Crippen LogP contribution in [0.15, 0.2) is 30.3 Å². The molecule has 2 atom stereocenters. The summed E-state index contributed by atoms with van der Waals surface area (Å²) in [7, 11) is 0. The summed E-state index contributed by atoms with van der Waals surface area (Å²) in [5.41, 5.74) is 1.50. The van der Waals surface area contributed by atoms with Crippen LogP contribution in [0.4, 0.5) is 0 Å². The lowest BCUT2D eigenvalue weighted by Crippen LogP contribution is -2.48. The highest BCUT2D eigenvalue weighted by atomic mass is 16.3. The standard InChI is InChI=1S/C18H27NO/c20-18-9-5-4-8-17(18)19-16-12-10-15(11-13-16)14-6-2-1-3-7-14/h1-3,6-7,15-20H,4-5,8-13H2. The average Bonchev–Trinajstić information content (AvgIpc) is 2.51. The molecule has 2 saturated carbocycles. The summed E-state index contributed by atoms with van der Waals surface area (Å²) in [5, 5.41) is 13.8. The molecule has 1 aromatic rings. The van der Waals surface area contributed by atoms with Crippen LogP contribution in [-0.4, -0.2) is 23.3 Å². The quantitative estimate of drug-likeness (QED) is 0.882. The molecule has 0 spiro atoms. The highest BCUT2D eigenvalue weighted by Gasteiger charge is 2.28. The first-order valence-corrected chi connectivity index (χ1v) is 8.32. The molecule has 3 rings (SSSR count). The fraction of sp³-hybridized carbons (Fsp3) is 0.667. The third-order valence-electron chi connectivity index (χ3n) is 5.18. The minimum atomic E-state index is -0.115. The normalized spacial score (nSPS) is 34.9. The zero-order valence-corrected chi connectivity index (χ0v) is 12.3. The van der Waals surface area contributed by atoms with Gasteiger partial charge in [-0.2, -0.15) is 0 Å². The Morgan fingerprint density at radius 3 is 2.25 bits per heavy atom. The van der Waals surface area contributed by atoms with E-state index >= 15 is 0 Å². The van der Waals surface area contributed by atoms with Crippen LogP contribution < -0.4 is 5.32 Å². The van der Waals surface area contributed by atoms with E-state index in [1.54, 1.807) is 0 Å². The van der Waals surface area contributed by atoms with E-state index in [0.29, 0.717) is 12.1 Å². The first kappa shape index (κ1) is 14.1. The third-order valence-corrected chi connectivity index (χ3v) is 5.18. The van der Waals surface area contributed by atoms with Crippen LogP contribution in [0, 0.1) is 0 Å². The molecule has 2 fully saturated rings. The molecule has 2 N–H and O–H groups in total. The van der Waals surface area contributed by atoms with Crippen molar-refractivity contribution in [2.75, 3.05) is 0 Å². The fourth-order valence-corrected chi connectivity index (χ4v) is 3.93. The summed E-state index contributed by atoms with van der Waals surface area (Å²) in [6.45, 7) is 0. The summed E-state index contributed by atoms with van der Waals surface area (Å²) < 4.78 is 0. The number of rotatable bonds is 3. The van der Waals surface area contributed by atoms with E-state index in [4.69, 9.17) is 0 Å². The molecule has 2 unspecified atom stereocenters. The highest BCUT2D eigenvalue weighted by molar-refractivity contribution is 5.20. The summed E-state index contributed by atoms with van der Waals surface area (Å²) in [5.74, 6) is 0.741. The van der Waals surface area contributed by atoms with Gasteiger partial charge in [-0.1, -0.05) is 43.2 Å². The number of aliphatic hydroxyl groups excluding tert-OH is 1. The molecule has 0 saturated heterocycles. The van der Waals surface area contributed by atoms with Crippen molar-refractivity contribution < 1.29 is 5.11 Å². The Balaban J connectivity index is 1.49. The highest BCUT2D eigenvalue weighted by Crippen LogP contribution is 2.33. The van der Waals surface area contributed by atoms with E-state index in [0.717, 1.165) is 18.8 Å². The molecular weight excluding hydrogens is 246 g/mol. The van der Waals surface area contributed by atoms with Crippen molar-refractivity contribution in [3.63, 3.8) is 0 Å². The van der Waals surface area contributed by atoms with Gasteiger partial charge in [0.05, 0.1) is 6.10 Å². The van der Waals surface area contributed by atoms with Crippen molar-refractivity contribution >= 4 is 0 Å². The van der Waals surface area contributed by atoms with Crippen LogP contribution in [0.25, 0.3) is 0 Å².